The van der Waals surface area contributed by atoms with E-state index in [1.807, 2.05) is 24.0 Å². The summed E-state index contributed by atoms with van der Waals surface area (Å²) in [6.45, 7) is 5.34. The normalized spacial score (nSPS) is 21.7. The highest BCUT2D eigenvalue weighted by molar-refractivity contribution is 6.31. The van der Waals surface area contributed by atoms with E-state index in [2.05, 4.69) is 10.6 Å². The molecule has 7 heteroatoms. The maximum absolute atomic E-state index is 12.5. The second-order valence-electron chi connectivity index (χ2n) is 7.28. The van der Waals surface area contributed by atoms with Crippen molar-refractivity contribution in [2.45, 2.75) is 51.2 Å². The standard InChI is InChI=1S/C19H26ClN3O3/c1-13-3-4-15(11-17(13)20)22-18(25)23-9-7-19(8-10-23)6-5-16(26-19)12-21-14(2)24/h3-4,11,16H,5-10,12H2,1-2H3,(H,21,24)(H,22,25)/t16-/m1/s1. The van der Waals surface area contributed by atoms with Crippen molar-refractivity contribution in [3.63, 3.8) is 0 Å². The first-order valence-electron chi connectivity index (χ1n) is 9.11. The fourth-order valence-corrected chi connectivity index (χ4v) is 3.84. The topological polar surface area (TPSA) is 70.7 Å². The lowest BCUT2D eigenvalue weighted by Gasteiger charge is -2.39. The van der Waals surface area contributed by atoms with Crippen molar-refractivity contribution >= 4 is 29.2 Å². The van der Waals surface area contributed by atoms with E-state index in [0.29, 0.717) is 30.3 Å². The molecule has 142 valence electrons. The average molecular weight is 380 g/mol. The zero-order valence-corrected chi connectivity index (χ0v) is 16.1. The molecule has 0 unspecified atom stereocenters. The lowest BCUT2D eigenvalue weighted by atomic mass is 9.88. The van der Waals surface area contributed by atoms with Crippen LogP contribution in [0.5, 0.6) is 0 Å². The van der Waals surface area contributed by atoms with Crippen molar-refractivity contribution < 1.29 is 14.3 Å². The molecule has 2 heterocycles. The molecule has 2 aliphatic rings. The molecule has 0 aliphatic carbocycles. The molecule has 0 radical (unpaired) electrons. The van der Waals surface area contributed by atoms with Crippen LogP contribution in [-0.4, -0.2) is 48.2 Å². The summed E-state index contributed by atoms with van der Waals surface area (Å²) in [6.07, 6.45) is 3.67. The summed E-state index contributed by atoms with van der Waals surface area (Å²) in [6, 6.07) is 5.42. The molecule has 2 saturated heterocycles. The van der Waals surface area contributed by atoms with Crippen LogP contribution in [0.2, 0.25) is 5.02 Å². The zero-order chi connectivity index (χ0) is 18.7. The van der Waals surface area contributed by atoms with E-state index in [-0.39, 0.29) is 23.6 Å². The monoisotopic (exact) mass is 379 g/mol. The smallest absolute Gasteiger partial charge is 0.321 e. The van der Waals surface area contributed by atoms with Crippen molar-refractivity contribution in [1.29, 1.82) is 0 Å². The number of aryl methyl sites for hydroxylation is 1. The van der Waals surface area contributed by atoms with Gasteiger partial charge in [0.15, 0.2) is 0 Å². The largest absolute Gasteiger partial charge is 0.370 e. The highest BCUT2D eigenvalue weighted by Crippen LogP contribution is 2.38. The predicted octanol–water partition coefficient (Wildman–Crippen LogP) is 3.33. The molecular formula is C19H26ClN3O3. The third-order valence-corrected chi connectivity index (χ3v) is 5.71. The lowest BCUT2D eigenvalue weighted by molar-refractivity contribution is -0.120. The Hall–Kier alpha value is -1.79. The number of halogens is 1. The molecule has 3 amide bonds. The van der Waals surface area contributed by atoms with Gasteiger partial charge in [-0.15, -0.1) is 0 Å². The Labute approximate surface area is 159 Å². The zero-order valence-electron chi connectivity index (χ0n) is 15.3. The Morgan fingerprint density at radius 2 is 2.04 bits per heavy atom. The Bertz CT molecular complexity index is 687. The molecule has 2 aliphatic heterocycles. The van der Waals surface area contributed by atoms with Crippen molar-refractivity contribution in [2.24, 2.45) is 0 Å². The van der Waals surface area contributed by atoms with Gasteiger partial charge in [-0.05, 0) is 50.3 Å². The van der Waals surface area contributed by atoms with Gasteiger partial charge in [-0.1, -0.05) is 17.7 Å². The van der Waals surface area contributed by atoms with Gasteiger partial charge in [0.1, 0.15) is 0 Å². The Balaban J connectivity index is 1.49. The Morgan fingerprint density at radius 3 is 2.69 bits per heavy atom. The van der Waals surface area contributed by atoms with Gasteiger partial charge in [0.25, 0.3) is 0 Å². The Morgan fingerprint density at radius 1 is 1.31 bits per heavy atom. The molecule has 0 aromatic heterocycles. The molecule has 1 atom stereocenters. The summed E-state index contributed by atoms with van der Waals surface area (Å²) in [5, 5.41) is 6.38. The minimum atomic E-state index is -0.146. The van der Waals surface area contributed by atoms with Crippen LogP contribution in [0.4, 0.5) is 10.5 Å². The number of nitrogens with zero attached hydrogens (tertiary/aromatic N) is 1. The SMILES string of the molecule is CC(=O)NC[C@H]1CCC2(CCN(C(=O)Nc3ccc(C)c(Cl)c3)CC2)O1. The van der Waals surface area contributed by atoms with Crippen LogP contribution < -0.4 is 10.6 Å². The number of likely N-dealkylation sites (tertiary alicyclic amines) is 1. The highest BCUT2D eigenvalue weighted by atomic mass is 35.5. The summed E-state index contributed by atoms with van der Waals surface area (Å²) in [4.78, 5) is 25.4. The van der Waals surface area contributed by atoms with E-state index in [9.17, 15) is 9.59 Å². The molecule has 1 aromatic carbocycles. The highest BCUT2D eigenvalue weighted by Gasteiger charge is 2.43. The number of hydrogen-bond donors (Lipinski definition) is 2. The maximum Gasteiger partial charge on any atom is 0.321 e. The molecule has 2 N–H and O–H groups in total. The van der Waals surface area contributed by atoms with Gasteiger partial charge in [0.2, 0.25) is 5.91 Å². The first-order chi connectivity index (χ1) is 12.4. The quantitative estimate of drug-likeness (QED) is 0.846. The minimum absolute atomic E-state index is 0.0303. The minimum Gasteiger partial charge on any atom is -0.370 e. The number of carbonyl (C=O) groups excluding carboxylic acids is 2. The second kappa shape index (κ2) is 7.84. The van der Waals surface area contributed by atoms with Crippen molar-refractivity contribution in [2.75, 3.05) is 25.0 Å². The van der Waals surface area contributed by atoms with Gasteiger partial charge in [-0.25, -0.2) is 4.79 Å². The number of carbonyl (C=O) groups is 2. The van der Waals surface area contributed by atoms with E-state index < -0.39 is 0 Å². The number of nitrogens with one attached hydrogen (secondary N) is 2. The van der Waals surface area contributed by atoms with Gasteiger partial charge in [0.05, 0.1) is 11.7 Å². The van der Waals surface area contributed by atoms with Crippen molar-refractivity contribution in [3.8, 4) is 0 Å². The molecule has 26 heavy (non-hydrogen) atoms. The van der Waals surface area contributed by atoms with Crippen LogP contribution in [-0.2, 0) is 9.53 Å². The summed E-state index contributed by atoms with van der Waals surface area (Å²) >= 11 is 6.12. The second-order valence-corrected chi connectivity index (χ2v) is 7.69. The third kappa shape index (κ3) is 4.48. The summed E-state index contributed by atoms with van der Waals surface area (Å²) in [7, 11) is 0. The van der Waals surface area contributed by atoms with Crippen LogP contribution in [0.25, 0.3) is 0 Å². The fourth-order valence-electron chi connectivity index (χ4n) is 3.66. The molecular weight excluding hydrogens is 354 g/mol. The van der Waals surface area contributed by atoms with Crippen LogP contribution in [0.15, 0.2) is 18.2 Å². The average Bonchev–Trinajstić information content (AvgIpc) is 3.00. The van der Waals surface area contributed by atoms with E-state index >= 15 is 0 Å². The Kier molecular flexibility index (Phi) is 5.73. The number of hydrogen-bond acceptors (Lipinski definition) is 3. The predicted molar refractivity (Wildman–Crippen MR) is 102 cm³/mol. The molecule has 1 aromatic rings. The number of amides is 3. The van der Waals surface area contributed by atoms with E-state index in [1.54, 1.807) is 6.07 Å². The summed E-state index contributed by atoms with van der Waals surface area (Å²) < 4.78 is 6.22. The van der Waals surface area contributed by atoms with Gasteiger partial charge in [-0.3, -0.25) is 4.79 Å². The maximum atomic E-state index is 12.5. The van der Waals surface area contributed by atoms with Crippen LogP contribution in [0.1, 0.15) is 38.2 Å². The molecule has 2 fully saturated rings. The number of ether oxygens (including phenoxy) is 1. The molecule has 1 spiro atoms. The van der Waals surface area contributed by atoms with Gasteiger partial charge >= 0.3 is 6.03 Å². The number of rotatable bonds is 3. The van der Waals surface area contributed by atoms with Crippen LogP contribution in [0.3, 0.4) is 0 Å². The first-order valence-corrected chi connectivity index (χ1v) is 9.49. The van der Waals surface area contributed by atoms with Crippen LogP contribution >= 0.6 is 11.6 Å². The van der Waals surface area contributed by atoms with E-state index in [1.165, 1.54) is 6.92 Å². The van der Waals surface area contributed by atoms with Gasteiger partial charge < -0.3 is 20.3 Å². The van der Waals surface area contributed by atoms with Gasteiger partial charge in [0, 0.05) is 37.3 Å². The fraction of sp³-hybridized carbons (Fsp3) is 0.579. The number of piperidine rings is 1. The number of anilines is 1. The molecule has 3 rings (SSSR count). The number of benzene rings is 1. The van der Waals surface area contributed by atoms with Crippen molar-refractivity contribution in [1.82, 2.24) is 10.2 Å². The van der Waals surface area contributed by atoms with Crippen LogP contribution in [0, 0.1) is 6.92 Å². The van der Waals surface area contributed by atoms with Gasteiger partial charge in [-0.2, -0.15) is 0 Å². The molecule has 6 nitrogen and oxygen atoms in total. The summed E-state index contributed by atoms with van der Waals surface area (Å²) in [5.74, 6) is -0.0303. The third-order valence-electron chi connectivity index (χ3n) is 5.30. The molecule has 0 saturated carbocycles. The first kappa shape index (κ1) is 19.0. The van der Waals surface area contributed by atoms with E-state index in [4.69, 9.17) is 16.3 Å². The summed E-state index contributed by atoms with van der Waals surface area (Å²) in [5.41, 5.74) is 1.54. The van der Waals surface area contributed by atoms with E-state index in [0.717, 1.165) is 31.2 Å². The number of urea groups is 1. The molecule has 0 bridgehead atoms. The van der Waals surface area contributed by atoms with Crippen molar-refractivity contribution in [3.05, 3.63) is 28.8 Å². The lowest BCUT2D eigenvalue weighted by Crippen LogP contribution is -2.48.